The quantitative estimate of drug-likeness (QED) is 0.607. The van der Waals surface area contributed by atoms with Crippen molar-refractivity contribution in [1.82, 2.24) is 4.98 Å². The molecule has 1 aromatic heterocycles. The van der Waals surface area contributed by atoms with Gasteiger partial charge in [0.2, 0.25) is 0 Å². The number of hydrogen-bond donors (Lipinski definition) is 0. The summed E-state index contributed by atoms with van der Waals surface area (Å²) in [4.78, 5) is 3.24. The van der Waals surface area contributed by atoms with Gasteiger partial charge in [0.25, 0.3) is 6.43 Å². The molecule has 0 spiro atoms. The Labute approximate surface area is 97.6 Å². The summed E-state index contributed by atoms with van der Waals surface area (Å²) in [5, 5.41) is 8.54. The van der Waals surface area contributed by atoms with Gasteiger partial charge in [0.05, 0.1) is 11.4 Å². The number of aromatic nitrogens is 1. The molecule has 0 aliphatic rings. The van der Waals surface area contributed by atoms with Crippen LogP contribution in [-0.4, -0.2) is 4.98 Å². The van der Waals surface area contributed by atoms with Gasteiger partial charge >= 0.3 is 6.18 Å². The molecule has 0 atom stereocenters. The van der Waals surface area contributed by atoms with Crippen molar-refractivity contribution in [2.45, 2.75) is 18.5 Å². The first-order valence-electron chi connectivity index (χ1n) is 4.16. The van der Waals surface area contributed by atoms with Crippen LogP contribution in [-0.2, 0) is 12.1 Å². The van der Waals surface area contributed by atoms with Crippen LogP contribution in [0.2, 0.25) is 0 Å². The highest BCUT2D eigenvalue weighted by Crippen LogP contribution is 2.39. The molecule has 2 nitrogen and oxygen atoms in total. The number of halogens is 6. The van der Waals surface area contributed by atoms with Crippen molar-refractivity contribution < 1.29 is 22.0 Å². The average molecular weight is 271 g/mol. The second-order valence-electron chi connectivity index (χ2n) is 2.96. The largest absolute Gasteiger partial charge is 0.417 e. The zero-order valence-electron chi connectivity index (χ0n) is 8.02. The molecule has 0 fully saturated rings. The van der Waals surface area contributed by atoms with E-state index in [1.165, 1.54) is 6.07 Å². The van der Waals surface area contributed by atoms with Gasteiger partial charge in [-0.3, -0.25) is 0 Å². The van der Waals surface area contributed by atoms with Gasteiger partial charge in [0.15, 0.2) is 0 Å². The van der Waals surface area contributed by atoms with Gasteiger partial charge in [-0.1, -0.05) is 0 Å². The molecule has 0 unspecified atom stereocenters. The molecule has 0 N–H and O–H groups in total. The van der Waals surface area contributed by atoms with E-state index in [-0.39, 0.29) is 0 Å². The minimum atomic E-state index is -5.01. The fourth-order valence-electron chi connectivity index (χ4n) is 1.30. The first kappa shape index (κ1) is 13.6. The zero-order valence-corrected chi connectivity index (χ0v) is 8.78. The van der Waals surface area contributed by atoms with E-state index < -0.39 is 40.9 Å². The molecule has 0 bridgehead atoms. The van der Waals surface area contributed by atoms with E-state index >= 15 is 0 Å². The third-order valence-corrected chi connectivity index (χ3v) is 2.23. The lowest BCUT2D eigenvalue weighted by atomic mass is 10.0. The number of pyridine rings is 1. The van der Waals surface area contributed by atoms with E-state index in [1.807, 2.05) is 0 Å². The summed E-state index contributed by atoms with van der Waals surface area (Å²) >= 11 is 5.26. The SMILES string of the molecule is N#Cc1ncc(C(F)F)c(C(F)(F)F)c1CCl. The van der Waals surface area contributed by atoms with Crippen molar-refractivity contribution in [3.05, 3.63) is 28.6 Å². The lowest BCUT2D eigenvalue weighted by Gasteiger charge is -2.16. The summed E-state index contributed by atoms with van der Waals surface area (Å²) < 4.78 is 62.8. The van der Waals surface area contributed by atoms with Crippen LogP contribution in [0.25, 0.3) is 0 Å². The van der Waals surface area contributed by atoms with E-state index in [0.29, 0.717) is 6.20 Å². The summed E-state index contributed by atoms with van der Waals surface area (Å²) in [5.41, 5.74) is -4.17. The summed E-state index contributed by atoms with van der Waals surface area (Å²) in [7, 11) is 0. The molecule has 0 aliphatic carbocycles. The summed E-state index contributed by atoms with van der Waals surface area (Å²) in [6.45, 7) is 0. The molecule has 0 saturated carbocycles. The zero-order chi connectivity index (χ0) is 13.2. The van der Waals surface area contributed by atoms with Crippen molar-refractivity contribution in [3.8, 4) is 6.07 Å². The predicted octanol–water partition coefficient (Wildman–Crippen LogP) is 3.65. The molecule has 0 radical (unpaired) electrons. The van der Waals surface area contributed by atoms with E-state index in [1.54, 1.807) is 0 Å². The number of nitrogens with zero attached hydrogens (tertiary/aromatic N) is 2. The molecule has 0 amide bonds. The molecular formula is C9H4ClF5N2. The Morgan fingerprint density at radius 3 is 2.35 bits per heavy atom. The minimum absolute atomic E-state index is 0.349. The molecule has 0 saturated heterocycles. The van der Waals surface area contributed by atoms with Crippen molar-refractivity contribution in [2.24, 2.45) is 0 Å². The summed E-state index contributed by atoms with van der Waals surface area (Å²) in [6, 6.07) is 1.38. The lowest BCUT2D eigenvalue weighted by Crippen LogP contribution is -2.15. The Balaban J connectivity index is 3.64. The van der Waals surface area contributed by atoms with Crippen LogP contribution in [0.1, 0.15) is 28.8 Å². The highest BCUT2D eigenvalue weighted by molar-refractivity contribution is 6.17. The molecule has 8 heteroatoms. The third-order valence-electron chi connectivity index (χ3n) is 1.97. The first-order valence-corrected chi connectivity index (χ1v) is 4.69. The minimum Gasteiger partial charge on any atom is -0.245 e. The average Bonchev–Trinajstić information content (AvgIpc) is 2.25. The Morgan fingerprint density at radius 2 is 2.00 bits per heavy atom. The molecule has 92 valence electrons. The maximum Gasteiger partial charge on any atom is 0.417 e. The highest BCUT2D eigenvalue weighted by atomic mass is 35.5. The number of nitriles is 1. The highest BCUT2D eigenvalue weighted by Gasteiger charge is 2.39. The van der Waals surface area contributed by atoms with Crippen LogP contribution in [0, 0.1) is 11.3 Å². The van der Waals surface area contributed by atoms with E-state index in [0.717, 1.165) is 0 Å². The molecule has 1 heterocycles. The molecular weight excluding hydrogens is 267 g/mol. The predicted molar refractivity (Wildman–Crippen MR) is 48.5 cm³/mol. The third kappa shape index (κ3) is 2.64. The van der Waals surface area contributed by atoms with Crippen LogP contribution < -0.4 is 0 Å². The maximum absolute atomic E-state index is 12.6. The number of hydrogen-bond acceptors (Lipinski definition) is 2. The van der Waals surface area contributed by atoms with Crippen LogP contribution in [0.3, 0.4) is 0 Å². The fraction of sp³-hybridized carbons (Fsp3) is 0.333. The first-order chi connectivity index (χ1) is 7.82. The Bertz CT molecular complexity index is 464. The van der Waals surface area contributed by atoms with Crippen LogP contribution in [0.4, 0.5) is 22.0 Å². The number of alkyl halides is 6. The van der Waals surface area contributed by atoms with Gasteiger partial charge in [0, 0.05) is 17.3 Å². The molecule has 0 aromatic carbocycles. The van der Waals surface area contributed by atoms with Crippen LogP contribution in [0.15, 0.2) is 6.20 Å². The Morgan fingerprint density at radius 1 is 1.41 bits per heavy atom. The second-order valence-corrected chi connectivity index (χ2v) is 3.23. The normalized spacial score (nSPS) is 11.6. The maximum atomic E-state index is 12.6. The van der Waals surface area contributed by atoms with E-state index in [2.05, 4.69) is 4.98 Å². The van der Waals surface area contributed by atoms with Crippen molar-refractivity contribution in [2.75, 3.05) is 0 Å². The monoisotopic (exact) mass is 270 g/mol. The molecule has 17 heavy (non-hydrogen) atoms. The summed E-state index contributed by atoms with van der Waals surface area (Å²) in [5.74, 6) is -0.717. The van der Waals surface area contributed by atoms with Crippen molar-refractivity contribution in [3.63, 3.8) is 0 Å². The standard InChI is InChI=1S/C9H4ClF5N2/c10-1-4-6(2-16)17-3-5(8(11)12)7(4)9(13,14)15/h3,8H,1H2. The van der Waals surface area contributed by atoms with Gasteiger partial charge in [0.1, 0.15) is 11.8 Å². The molecule has 1 aromatic rings. The second kappa shape index (κ2) is 4.84. The van der Waals surface area contributed by atoms with Crippen molar-refractivity contribution >= 4 is 11.6 Å². The van der Waals surface area contributed by atoms with Gasteiger partial charge in [-0.2, -0.15) is 18.4 Å². The van der Waals surface area contributed by atoms with Gasteiger partial charge in [-0.25, -0.2) is 13.8 Å². The Hall–Kier alpha value is -1.42. The molecule has 0 aliphatic heterocycles. The lowest BCUT2D eigenvalue weighted by molar-refractivity contribution is -0.140. The van der Waals surface area contributed by atoms with Crippen LogP contribution >= 0.6 is 11.6 Å². The smallest absolute Gasteiger partial charge is 0.245 e. The fourth-order valence-corrected chi connectivity index (χ4v) is 1.56. The van der Waals surface area contributed by atoms with Gasteiger partial charge in [-0.15, -0.1) is 11.6 Å². The molecule has 1 rings (SSSR count). The Kier molecular flexibility index (Phi) is 3.88. The van der Waals surface area contributed by atoms with Crippen LogP contribution in [0.5, 0.6) is 0 Å². The topological polar surface area (TPSA) is 36.7 Å². The van der Waals surface area contributed by atoms with Gasteiger partial charge in [-0.05, 0) is 0 Å². The van der Waals surface area contributed by atoms with E-state index in [4.69, 9.17) is 16.9 Å². The summed E-state index contributed by atoms with van der Waals surface area (Å²) in [6.07, 6.45) is -8.00. The van der Waals surface area contributed by atoms with E-state index in [9.17, 15) is 22.0 Å². The van der Waals surface area contributed by atoms with Gasteiger partial charge < -0.3 is 0 Å². The van der Waals surface area contributed by atoms with Crippen molar-refractivity contribution in [1.29, 1.82) is 5.26 Å². The number of rotatable bonds is 2.